The van der Waals surface area contributed by atoms with E-state index >= 15 is 0 Å². The average Bonchev–Trinajstić information content (AvgIpc) is 3.09. The molecule has 2 unspecified atom stereocenters. The molecule has 1 saturated heterocycles. The third-order valence-electron chi connectivity index (χ3n) is 3.96. The number of furan rings is 1. The zero-order chi connectivity index (χ0) is 12.5. The van der Waals surface area contributed by atoms with Gasteiger partial charge in [0.1, 0.15) is 5.76 Å². The zero-order valence-electron chi connectivity index (χ0n) is 11.2. The van der Waals surface area contributed by atoms with Gasteiger partial charge in [-0.05, 0) is 38.4 Å². The third kappa shape index (κ3) is 2.46. The van der Waals surface area contributed by atoms with Crippen molar-refractivity contribution in [3.05, 3.63) is 23.7 Å². The van der Waals surface area contributed by atoms with Crippen molar-refractivity contribution in [1.82, 2.24) is 10.2 Å². The van der Waals surface area contributed by atoms with Gasteiger partial charge in [0, 0.05) is 19.1 Å². The molecule has 1 aromatic heterocycles. The Kier molecular flexibility index (Phi) is 3.41. The molecular formula is C14H22N2O2. The first-order chi connectivity index (χ1) is 8.75. The van der Waals surface area contributed by atoms with E-state index < -0.39 is 0 Å². The first kappa shape index (κ1) is 12.2. The van der Waals surface area contributed by atoms with E-state index in [1.165, 1.54) is 18.4 Å². The maximum atomic E-state index is 5.95. The van der Waals surface area contributed by atoms with Crippen molar-refractivity contribution in [2.75, 3.05) is 26.7 Å². The maximum Gasteiger partial charge on any atom is 0.126 e. The standard InChI is InChI=1S/C14H22N2O2/c1-10-5-7-18-14(10)13-12(9-15-11-3-4-11)17-8-6-16(13)2/h5,7,11-13,15H,3-4,6,8-9H2,1-2H3. The number of hydrogen-bond acceptors (Lipinski definition) is 4. The van der Waals surface area contributed by atoms with E-state index in [0.717, 1.165) is 31.5 Å². The molecule has 1 aromatic rings. The minimum absolute atomic E-state index is 0.189. The third-order valence-corrected chi connectivity index (χ3v) is 3.96. The summed E-state index contributed by atoms with van der Waals surface area (Å²) in [5, 5.41) is 3.56. The molecule has 0 spiro atoms. The number of morpholine rings is 1. The van der Waals surface area contributed by atoms with Gasteiger partial charge in [0.2, 0.25) is 0 Å². The van der Waals surface area contributed by atoms with Crippen molar-refractivity contribution in [3.63, 3.8) is 0 Å². The number of rotatable bonds is 4. The van der Waals surface area contributed by atoms with Crippen molar-refractivity contribution in [2.24, 2.45) is 0 Å². The molecule has 2 fully saturated rings. The molecule has 0 aromatic carbocycles. The highest BCUT2D eigenvalue weighted by atomic mass is 16.5. The van der Waals surface area contributed by atoms with Crippen LogP contribution in [0.25, 0.3) is 0 Å². The number of ether oxygens (including phenoxy) is 1. The molecule has 0 bridgehead atoms. The van der Waals surface area contributed by atoms with Crippen LogP contribution in [0.5, 0.6) is 0 Å². The molecule has 1 aliphatic heterocycles. The van der Waals surface area contributed by atoms with E-state index in [1.807, 2.05) is 6.07 Å². The van der Waals surface area contributed by atoms with Crippen LogP contribution in [0.3, 0.4) is 0 Å². The van der Waals surface area contributed by atoms with Crippen LogP contribution in [0.4, 0.5) is 0 Å². The van der Waals surface area contributed by atoms with Crippen LogP contribution in [-0.4, -0.2) is 43.8 Å². The second kappa shape index (κ2) is 5.03. The van der Waals surface area contributed by atoms with Crippen molar-refractivity contribution in [1.29, 1.82) is 0 Å². The summed E-state index contributed by atoms with van der Waals surface area (Å²) in [7, 11) is 2.15. The van der Waals surface area contributed by atoms with E-state index in [1.54, 1.807) is 6.26 Å². The fraction of sp³-hybridized carbons (Fsp3) is 0.714. The van der Waals surface area contributed by atoms with Gasteiger partial charge >= 0.3 is 0 Å². The van der Waals surface area contributed by atoms with Crippen molar-refractivity contribution in [3.8, 4) is 0 Å². The van der Waals surface area contributed by atoms with Crippen molar-refractivity contribution in [2.45, 2.75) is 38.0 Å². The van der Waals surface area contributed by atoms with Gasteiger partial charge in [-0.1, -0.05) is 0 Å². The summed E-state index contributed by atoms with van der Waals surface area (Å²) in [6.45, 7) is 4.79. The maximum absolute atomic E-state index is 5.95. The van der Waals surface area contributed by atoms with E-state index in [2.05, 4.69) is 24.2 Å². The zero-order valence-corrected chi connectivity index (χ0v) is 11.2. The lowest BCUT2D eigenvalue weighted by atomic mass is 10.0. The van der Waals surface area contributed by atoms with Crippen LogP contribution in [0, 0.1) is 6.92 Å². The highest BCUT2D eigenvalue weighted by Crippen LogP contribution is 2.31. The van der Waals surface area contributed by atoms with Crippen LogP contribution < -0.4 is 5.32 Å². The lowest BCUT2D eigenvalue weighted by Crippen LogP contribution is -2.47. The van der Waals surface area contributed by atoms with Gasteiger partial charge in [-0.15, -0.1) is 0 Å². The molecule has 18 heavy (non-hydrogen) atoms. The second-order valence-electron chi connectivity index (χ2n) is 5.49. The van der Waals surface area contributed by atoms with Crippen LogP contribution >= 0.6 is 0 Å². The van der Waals surface area contributed by atoms with Gasteiger partial charge in [-0.2, -0.15) is 0 Å². The van der Waals surface area contributed by atoms with E-state index in [0.29, 0.717) is 0 Å². The Morgan fingerprint density at radius 3 is 2.94 bits per heavy atom. The largest absolute Gasteiger partial charge is 0.467 e. The molecule has 4 heteroatoms. The Morgan fingerprint density at radius 1 is 1.44 bits per heavy atom. The van der Waals surface area contributed by atoms with Crippen LogP contribution in [-0.2, 0) is 4.74 Å². The van der Waals surface area contributed by atoms with Gasteiger partial charge in [-0.25, -0.2) is 0 Å². The molecule has 1 aliphatic carbocycles. The summed E-state index contributed by atoms with van der Waals surface area (Å²) in [6.07, 6.45) is 4.59. The smallest absolute Gasteiger partial charge is 0.126 e. The van der Waals surface area contributed by atoms with E-state index in [-0.39, 0.29) is 12.1 Å². The Bertz CT molecular complexity index is 400. The van der Waals surface area contributed by atoms with Gasteiger partial charge in [0.05, 0.1) is 25.0 Å². The molecule has 1 saturated carbocycles. The molecular weight excluding hydrogens is 228 g/mol. The topological polar surface area (TPSA) is 37.6 Å². The predicted molar refractivity (Wildman–Crippen MR) is 69.6 cm³/mol. The minimum atomic E-state index is 0.189. The summed E-state index contributed by atoms with van der Waals surface area (Å²) in [5.41, 5.74) is 1.22. The average molecular weight is 250 g/mol. The number of nitrogens with one attached hydrogen (secondary N) is 1. The van der Waals surface area contributed by atoms with Gasteiger partial charge < -0.3 is 14.5 Å². The Hall–Kier alpha value is -0.840. The second-order valence-corrected chi connectivity index (χ2v) is 5.49. The highest BCUT2D eigenvalue weighted by Gasteiger charge is 2.35. The van der Waals surface area contributed by atoms with Gasteiger partial charge in [-0.3, -0.25) is 4.90 Å². The first-order valence-electron chi connectivity index (χ1n) is 6.85. The summed E-state index contributed by atoms with van der Waals surface area (Å²) >= 11 is 0. The van der Waals surface area contributed by atoms with Crippen LogP contribution in [0.15, 0.2) is 16.7 Å². The molecule has 4 nitrogen and oxygen atoms in total. The summed E-state index contributed by atoms with van der Waals surface area (Å²) in [4.78, 5) is 2.34. The van der Waals surface area contributed by atoms with E-state index in [9.17, 15) is 0 Å². The Morgan fingerprint density at radius 2 is 2.28 bits per heavy atom. The van der Waals surface area contributed by atoms with Crippen LogP contribution in [0.1, 0.15) is 30.2 Å². The monoisotopic (exact) mass is 250 g/mol. The fourth-order valence-electron chi connectivity index (χ4n) is 2.66. The minimum Gasteiger partial charge on any atom is -0.467 e. The molecule has 2 heterocycles. The quantitative estimate of drug-likeness (QED) is 0.883. The summed E-state index contributed by atoms with van der Waals surface area (Å²) in [6, 6.07) is 2.99. The van der Waals surface area contributed by atoms with Crippen LogP contribution in [0.2, 0.25) is 0 Å². The number of likely N-dealkylation sites (N-methyl/N-ethyl adjacent to an activating group) is 1. The number of nitrogens with zero attached hydrogens (tertiary/aromatic N) is 1. The lowest BCUT2D eigenvalue weighted by molar-refractivity contribution is -0.0679. The molecule has 1 N–H and O–H groups in total. The van der Waals surface area contributed by atoms with E-state index in [4.69, 9.17) is 9.15 Å². The molecule has 0 amide bonds. The Balaban J connectivity index is 1.74. The molecule has 2 aliphatic rings. The molecule has 3 rings (SSSR count). The van der Waals surface area contributed by atoms with Crippen molar-refractivity contribution >= 4 is 0 Å². The normalized spacial score (nSPS) is 29.7. The van der Waals surface area contributed by atoms with Gasteiger partial charge in [0.25, 0.3) is 0 Å². The highest BCUT2D eigenvalue weighted by molar-refractivity contribution is 5.20. The van der Waals surface area contributed by atoms with Gasteiger partial charge in [0.15, 0.2) is 0 Å². The number of hydrogen-bond donors (Lipinski definition) is 1. The summed E-state index contributed by atoms with van der Waals surface area (Å²) < 4.78 is 11.6. The molecule has 100 valence electrons. The lowest BCUT2D eigenvalue weighted by Gasteiger charge is -2.38. The SMILES string of the molecule is Cc1ccoc1C1C(CNC2CC2)OCCN1C. The predicted octanol–water partition coefficient (Wildman–Crippen LogP) is 1.71. The molecule has 0 radical (unpaired) electrons. The fourth-order valence-corrected chi connectivity index (χ4v) is 2.66. The Labute approximate surface area is 108 Å². The summed E-state index contributed by atoms with van der Waals surface area (Å²) in [5.74, 6) is 1.06. The number of aryl methyl sites for hydroxylation is 1. The van der Waals surface area contributed by atoms with Crippen molar-refractivity contribution < 1.29 is 9.15 Å². The molecule has 2 atom stereocenters. The first-order valence-corrected chi connectivity index (χ1v) is 6.85.